The highest BCUT2D eigenvalue weighted by atomic mass is 32.1. The Bertz CT molecular complexity index is 819. The van der Waals surface area contributed by atoms with Gasteiger partial charge in [-0.15, -0.1) is 11.3 Å². The molecule has 2 fully saturated rings. The minimum Gasteiger partial charge on any atom is -0.344 e. The molecule has 6 heteroatoms. The highest BCUT2D eigenvalue weighted by Crippen LogP contribution is 2.38. The molecule has 0 aliphatic carbocycles. The summed E-state index contributed by atoms with van der Waals surface area (Å²) in [4.78, 5) is 34.1. The number of amides is 2. The minimum absolute atomic E-state index is 0.0920. The highest BCUT2D eigenvalue weighted by Gasteiger charge is 2.52. The number of hydrogen-bond acceptors (Lipinski definition) is 4. The summed E-state index contributed by atoms with van der Waals surface area (Å²) < 4.78 is 0. The van der Waals surface area contributed by atoms with Crippen LogP contribution in [0.1, 0.15) is 46.7 Å². The van der Waals surface area contributed by atoms with Crippen LogP contribution in [0.5, 0.6) is 0 Å². The van der Waals surface area contributed by atoms with E-state index in [1.165, 1.54) is 16.9 Å². The summed E-state index contributed by atoms with van der Waals surface area (Å²) in [7, 11) is 1.84. The molecule has 1 spiro atoms. The lowest BCUT2D eigenvalue weighted by molar-refractivity contribution is -0.144. The molecular weight excluding hydrogens is 346 g/mol. The largest absolute Gasteiger partial charge is 0.344 e. The molecular formula is C20H23N3O2S. The first-order valence-electron chi connectivity index (χ1n) is 9.16. The Labute approximate surface area is 157 Å². The van der Waals surface area contributed by atoms with Crippen LogP contribution in [-0.4, -0.2) is 52.3 Å². The highest BCUT2D eigenvalue weighted by molar-refractivity contribution is 7.09. The van der Waals surface area contributed by atoms with Crippen LogP contribution in [0.25, 0.3) is 0 Å². The van der Waals surface area contributed by atoms with Gasteiger partial charge in [-0.2, -0.15) is 0 Å². The SMILES string of the molecule is CN1CCCC2(CCCN2C(=O)c2csc(Cc3ccccc3)n2)C1=O. The van der Waals surface area contributed by atoms with Crippen LogP contribution in [0.4, 0.5) is 0 Å². The molecule has 26 heavy (non-hydrogen) atoms. The van der Waals surface area contributed by atoms with Gasteiger partial charge < -0.3 is 9.80 Å². The van der Waals surface area contributed by atoms with Crippen LogP contribution in [0.15, 0.2) is 35.7 Å². The molecule has 2 aliphatic rings. The molecule has 2 amide bonds. The third-order valence-electron chi connectivity index (χ3n) is 5.53. The maximum Gasteiger partial charge on any atom is 0.274 e. The second-order valence-corrected chi connectivity index (χ2v) is 8.15. The van der Waals surface area contributed by atoms with Gasteiger partial charge in [0.2, 0.25) is 5.91 Å². The molecule has 3 heterocycles. The van der Waals surface area contributed by atoms with Crippen molar-refractivity contribution in [1.82, 2.24) is 14.8 Å². The monoisotopic (exact) mass is 369 g/mol. The van der Waals surface area contributed by atoms with Crippen LogP contribution in [-0.2, 0) is 11.2 Å². The average molecular weight is 369 g/mol. The third-order valence-corrected chi connectivity index (χ3v) is 6.38. The van der Waals surface area contributed by atoms with Gasteiger partial charge in [0.1, 0.15) is 11.2 Å². The number of carbonyl (C=O) groups is 2. The molecule has 136 valence electrons. The van der Waals surface area contributed by atoms with E-state index < -0.39 is 5.54 Å². The molecule has 2 aromatic rings. The molecule has 2 saturated heterocycles. The minimum atomic E-state index is -0.646. The summed E-state index contributed by atoms with van der Waals surface area (Å²) in [6, 6.07) is 10.1. The Morgan fingerprint density at radius 2 is 1.92 bits per heavy atom. The summed E-state index contributed by atoms with van der Waals surface area (Å²) in [5, 5.41) is 2.77. The predicted molar refractivity (Wildman–Crippen MR) is 101 cm³/mol. The topological polar surface area (TPSA) is 53.5 Å². The van der Waals surface area contributed by atoms with E-state index in [1.54, 1.807) is 9.80 Å². The van der Waals surface area contributed by atoms with Crippen molar-refractivity contribution in [3.63, 3.8) is 0 Å². The number of benzene rings is 1. The van der Waals surface area contributed by atoms with E-state index in [0.29, 0.717) is 12.2 Å². The molecule has 0 radical (unpaired) electrons. The van der Waals surface area contributed by atoms with Crippen molar-refractivity contribution in [3.8, 4) is 0 Å². The maximum absolute atomic E-state index is 13.1. The lowest BCUT2D eigenvalue weighted by Gasteiger charge is -2.43. The van der Waals surface area contributed by atoms with Gasteiger partial charge in [0.25, 0.3) is 5.91 Å². The van der Waals surface area contributed by atoms with Crippen molar-refractivity contribution in [1.29, 1.82) is 0 Å². The number of nitrogens with zero attached hydrogens (tertiary/aromatic N) is 3. The van der Waals surface area contributed by atoms with E-state index in [-0.39, 0.29) is 11.8 Å². The number of likely N-dealkylation sites (tertiary alicyclic amines) is 2. The fraction of sp³-hybridized carbons (Fsp3) is 0.450. The number of carbonyl (C=O) groups excluding carboxylic acids is 2. The number of likely N-dealkylation sites (N-methyl/N-ethyl adjacent to an activating group) is 1. The summed E-state index contributed by atoms with van der Waals surface area (Å²) in [6.07, 6.45) is 4.09. The van der Waals surface area contributed by atoms with Crippen molar-refractivity contribution in [3.05, 3.63) is 52.0 Å². The molecule has 1 unspecified atom stereocenters. The molecule has 1 aromatic carbocycles. The number of thiazole rings is 1. The number of aromatic nitrogens is 1. The van der Waals surface area contributed by atoms with E-state index in [2.05, 4.69) is 17.1 Å². The second-order valence-electron chi connectivity index (χ2n) is 7.21. The van der Waals surface area contributed by atoms with Gasteiger partial charge in [-0.3, -0.25) is 9.59 Å². The van der Waals surface area contributed by atoms with Crippen molar-refractivity contribution in [2.45, 2.75) is 37.6 Å². The maximum atomic E-state index is 13.1. The van der Waals surface area contributed by atoms with Gasteiger partial charge in [0.15, 0.2) is 0 Å². The number of rotatable bonds is 3. The molecule has 0 N–H and O–H groups in total. The third kappa shape index (κ3) is 2.92. The molecule has 2 aliphatic heterocycles. The summed E-state index contributed by atoms with van der Waals surface area (Å²) in [5.74, 6) is -0.00366. The van der Waals surface area contributed by atoms with Crippen LogP contribution in [0, 0.1) is 0 Å². The van der Waals surface area contributed by atoms with Gasteiger partial charge in [0, 0.05) is 31.9 Å². The summed E-state index contributed by atoms with van der Waals surface area (Å²) >= 11 is 1.51. The van der Waals surface area contributed by atoms with Crippen LogP contribution in [0.3, 0.4) is 0 Å². The average Bonchev–Trinajstić information content (AvgIpc) is 3.28. The summed E-state index contributed by atoms with van der Waals surface area (Å²) in [6.45, 7) is 1.42. The number of piperidine rings is 1. The molecule has 0 saturated carbocycles. The van der Waals surface area contributed by atoms with Crippen molar-refractivity contribution in [2.24, 2.45) is 0 Å². The predicted octanol–water partition coefficient (Wildman–Crippen LogP) is 2.96. The Morgan fingerprint density at radius 3 is 2.69 bits per heavy atom. The zero-order valence-electron chi connectivity index (χ0n) is 15.0. The standard InChI is InChI=1S/C20H23N3O2S/c1-22-11-5-9-20(19(22)25)10-6-12-23(20)18(24)16-14-26-17(21-16)13-15-7-3-2-4-8-15/h2-4,7-8,14H,5-6,9-13H2,1H3. The van der Waals surface area contributed by atoms with Crippen molar-refractivity contribution < 1.29 is 9.59 Å². The Morgan fingerprint density at radius 1 is 1.19 bits per heavy atom. The van der Waals surface area contributed by atoms with Crippen LogP contribution in [0.2, 0.25) is 0 Å². The normalized spacial score (nSPS) is 23.0. The Balaban J connectivity index is 1.55. The zero-order valence-corrected chi connectivity index (χ0v) is 15.8. The Hall–Kier alpha value is -2.21. The second kappa shape index (κ2) is 6.83. The van der Waals surface area contributed by atoms with E-state index in [0.717, 1.165) is 43.7 Å². The van der Waals surface area contributed by atoms with Gasteiger partial charge in [0.05, 0.1) is 5.01 Å². The van der Waals surface area contributed by atoms with Crippen LogP contribution < -0.4 is 0 Å². The van der Waals surface area contributed by atoms with E-state index in [1.807, 2.05) is 30.6 Å². The van der Waals surface area contributed by atoms with E-state index in [9.17, 15) is 9.59 Å². The van der Waals surface area contributed by atoms with Crippen LogP contribution >= 0.6 is 11.3 Å². The fourth-order valence-electron chi connectivity index (χ4n) is 4.23. The molecule has 4 rings (SSSR count). The molecule has 5 nitrogen and oxygen atoms in total. The van der Waals surface area contributed by atoms with Gasteiger partial charge in [-0.05, 0) is 31.2 Å². The lowest BCUT2D eigenvalue weighted by Crippen LogP contribution is -2.60. The molecule has 1 aromatic heterocycles. The molecule has 0 bridgehead atoms. The van der Waals surface area contributed by atoms with Gasteiger partial charge in [-0.1, -0.05) is 30.3 Å². The zero-order chi connectivity index (χ0) is 18.1. The van der Waals surface area contributed by atoms with Crippen molar-refractivity contribution in [2.75, 3.05) is 20.1 Å². The van der Waals surface area contributed by atoms with Crippen molar-refractivity contribution >= 4 is 23.2 Å². The quantitative estimate of drug-likeness (QED) is 0.836. The summed E-state index contributed by atoms with van der Waals surface area (Å²) in [5.41, 5.74) is 1.01. The lowest BCUT2D eigenvalue weighted by atomic mass is 9.85. The van der Waals surface area contributed by atoms with Gasteiger partial charge in [-0.25, -0.2) is 4.98 Å². The van der Waals surface area contributed by atoms with E-state index in [4.69, 9.17) is 0 Å². The Kier molecular flexibility index (Phi) is 4.53. The first kappa shape index (κ1) is 17.2. The number of hydrogen-bond donors (Lipinski definition) is 0. The smallest absolute Gasteiger partial charge is 0.274 e. The van der Waals surface area contributed by atoms with E-state index >= 15 is 0 Å². The first-order chi connectivity index (χ1) is 12.6. The first-order valence-corrected chi connectivity index (χ1v) is 10.0. The molecule has 1 atom stereocenters. The fourth-order valence-corrected chi connectivity index (χ4v) is 5.03. The van der Waals surface area contributed by atoms with Gasteiger partial charge >= 0.3 is 0 Å².